The maximum absolute atomic E-state index is 13.3. The van der Waals surface area contributed by atoms with Crippen molar-refractivity contribution in [3.63, 3.8) is 0 Å². The second kappa shape index (κ2) is 9.11. The van der Waals surface area contributed by atoms with Crippen molar-refractivity contribution in [1.82, 2.24) is 5.32 Å². The molecule has 0 atom stereocenters. The summed E-state index contributed by atoms with van der Waals surface area (Å²) < 4.78 is 27.7. The first-order valence-electron chi connectivity index (χ1n) is 9.02. The highest BCUT2D eigenvalue weighted by molar-refractivity contribution is 7.92. The van der Waals surface area contributed by atoms with E-state index in [-0.39, 0.29) is 18.0 Å². The van der Waals surface area contributed by atoms with Crippen LogP contribution in [-0.2, 0) is 21.4 Å². The largest absolute Gasteiger partial charge is 0.350 e. The summed E-state index contributed by atoms with van der Waals surface area (Å²) in [7, 11) is -3.91. The van der Waals surface area contributed by atoms with Crippen LogP contribution in [0.5, 0.6) is 0 Å². The molecule has 0 radical (unpaired) electrons. The molecule has 0 aliphatic heterocycles. The monoisotopic (exact) mass is 428 g/mol. The van der Waals surface area contributed by atoms with Crippen molar-refractivity contribution in [2.24, 2.45) is 0 Å². The van der Waals surface area contributed by atoms with E-state index in [1.54, 1.807) is 42.5 Å². The summed E-state index contributed by atoms with van der Waals surface area (Å²) in [5.41, 5.74) is 2.10. The number of carbonyl (C=O) groups excluding carboxylic acids is 1. The molecule has 0 aliphatic rings. The van der Waals surface area contributed by atoms with Crippen molar-refractivity contribution < 1.29 is 13.2 Å². The second-order valence-electron chi connectivity index (χ2n) is 6.51. The first kappa shape index (κ1) is 20.9. The average Bonchev–Trinajstić information content (AvgIpc) is 2.73. The van der Waals surface area contributed by atoms with Crippen LogP contribution in [-0.4, -0.2) is 20.9 Å². The van der Waals surface area contributed by atoms with Gasteiger partial charge in [-0.25, -0.2) is 8.42 Å². The lowest BCUT2D eigenvalue weighted by Gasteiger charge is -2.25. The molecule has 0 saturated carbocycles. The number of aryl methyl sites for hydroxylation is 1. The molecular formula is C22H21ClN2O3S. The Labute approximate surface area is 176 Å². The second-order valence-corrected chi connectivity index (χ2v) is 8.81. The summed E-state index contributed by atoms with van der Waals surface area (Å²) in [6.07, 6.45) is 0. The molecule has 0 unspecified atom stereocenters. The van der Waals surface area contributed by atoms with E-state index >= 15 is 0 Å². The van der Waals surface area contributed by atoms with E-state index in [2.05, 4.69) is 5.32 Å². The van der Waals surface area contributed by atoms with Gasteiger partial charge in [0.25, 0.3) is 10.0 Å². The number of rotatable bonds is 7. The summed E-state index contributed by atoms with van der Waals surface area (Å²) in [6.45, 7) is 1.77. The molecular weight excluding hydrogens is 408 g/mol. The normalized spacial score (nSPS) is 11.1. The molecule has 0 aliphatic carbocycles. The number of hydrogen-bond donors (Lipinski definition) is 1. The Hall–Kier alpha value is -2.83. The third-order valence-corrected chi connectivity index (χ3v) is 6.43. The van der Waals surface area contributed by atoms with E-state index in [0.717, 1.165) is 15.4 Å². The number of carbonyl (C=O) groups is 1. The highest BCUT2D eigenvalue weighted by Gasteiger charge is 2.27. The van der Waals surface area contributed by atoms with Gasteiger partial charge in [0.1, 0.15) is 6.54 Å². The summed E-state index contributed by atoms with van der Waals surface area (Å²) in [4.78, 5) is 12.7. The van der Waals surface area contributed by atoms with E-state index < -0.39 is 15.9 Å². The van der Waals surface area contributed by atoms with Crippen molar-refractivity contribution >= 4 is 33.2 Å². The van der Waals surface area contributed by atoms with Gasteiger partial charge < -0.3 is 5.32 Å². The molecule has 0 aromatic heterocycles. The van der Waals surface area contributed by atoms with E-state index in [0.29, 0.717) is 10.7 Å². The molecule has 1 N–H and O–H groups in total. The van der Waals surface area contributed by atoms with Crippen molar-refractivity contribution in [2.75, 3.05) is 10.8 Å². The van der Waals surface area contributed by atoms with Crippen LogP contribution in [0, 0.1) is 6.92 Å². The van der Waals surface area contributed by atoms with E-state index in [4.69, 9.17) is 11.6 Å². The first-order valence-corrected chi connectivity index (χ1v) is 10.8. The van der Waals surface area contributed by atoms with Crippen LogP contribution in [0.2, 0.25) is 5.02 Å². The average molecular weight is 429 g/mol. The predicted octanol–water partition coefficient (Wildman–Crippen LogP) is 4.16. The van der Waals surface area contributed by atoms with Crippen molar-refractivity contribution in [2.45, 2.75) is 18.4 Å². The Balaban J connectivity index is 1.85. The van der Waals surface area contributed by atoms with Crippen molar-refractivity contribution in [1.29, 1.82) is 0 Å². The van der Waals surface area contributed by atoms with E-state index in [9.17, 15) is 13.2 Å². The molecule has 0 saturated heterocycles. The molecule has 0 heterocycles. The van der Waals surface area contributed by atoms with Gasteiger partial charge in [0, 0.05) is 11.6 Å². The number of sulfonamides is 1. The number of halogens is 1. The Kier molecular flexibility index (Phi) is 6.56. The van der Waals surface area contributed by atoms with E-state index in [1.807, 2.05) is 31.2 Å². The van der Waals surface area contributed by atoms with Gasteiger partial charge in [0.05, 0.1) is 10.6 Å². The minimum Gasteiger partial charge on any atom is -0.350 e. The number of amides is 1. The number of nitrogens with zero attached hydrogens (tertiary/aromatic N) is 1. The molecule has 0 spiro atoms. The number of anilines is 1. The third-order valence-electron chi connectivity index (χ3n) is 4.41. The minimum absolute atomic E-state index is 0.133. The molecule has 1 amide bonds. The number of hydrogen-bond acceptors (Lipinski definition) is 3. The lowest BCUT2D eigenvalue weighted by atomic mass is 10.2. The summed E-state index contributed by atoms with van der Waals surface area (Å²) in [6, 6.07) is 22.3. The highest BCUT2D eigenvalue weighted by atomic mass is 35.5. The lowest BCUT2D eigenvalue weighted by Crippen LogP contribution is -2.41. The van der Waals surface area contributed by atoms with Gasteiger partial charge in [-0.15, -0.1) is 0 Å². The Bertz CT molecular complexity index is 1080. The predicted molar refractivity (Wildman–Crippen MR) is 115 cm³/mol. The Morgan fingerprint density at radius 1 is 0.931 bits per heavy atom. The molecule has 3 rings (SSSR count). The topological polar surface area (TPSA) is 66.5 Å². The minimum atomic E-state index is -3.91. The number of benzene rings is 3. The summed E-state index contributed by atoms with van der Waals surface area (Å²) in [5.74, 6) is -0.400. The quantitative estimate of drug-likeness (QED) is 0.614. The van der Waals surface area contributed by atoms with Crippen LogP contribution in [0.3, 0.4) is 0 Å². The molecule has 5 nitrogen and oxygen atoms in total. The Morgan fingerprint density at radius 2 is 1.55 bits per heavy atom. The molecule has 3 aromatic rings. The van der Waals surface area contributed by atoms with Crippen molar-refractivity contribution in [3.8, 4) is 0 Å². The maximum Gasteiger partial charge on any atom is 0.264 e. The van der Waals surface area contributed by atoms with Crippen LogP contribution >= 0.6 is 11.6 Å². The highest BCUT2D eigenvalue weighted by Crippen LogP contribution is 2.26. The fourth-order valence-electron chi connectivity index (χ4n) is 2.85. The standard InChI is InChI=1S/C22H21ClN2O3S/c1-17-7-5-6-10-21(17)25(29(27,28)20-8-3-2-4-9-20)16-22(26)24-15-18-11-13-19(23)14-12-18/h2-14H,15-16H2,1H3,(H,24,26). The fourth-order valence-corrected chi connectivity index (χ4v) is 4.48. The van der Waals surface area contributed by atoms with Crippen LogP contribution < -0.4 is 9.62 Å². The molecule has 0 bridgehead atoms. The van der Waals surface area contributed by atoms with Gasteiger partial charge in [0.2, 0.25) is 5.91 Å². The number of para-hydroxylation sites is 1. The summed E-state index contributed by atoms with van der Waals surface area (Å²) >= 11 is 5.87. The van der Waals surface area contributed by atoms with Gasteiger partial charge in [-0.05, 0) is 48.4 Å². The lowest BCUT2D eigenvalue weighted by molar-refractivity contribution is -0.119. The van der Waals surface area contributed by atoms with Gasteiger partial charge in [-0.3, -0.25) is 9.10 Å². The van der Waals surface area contributed by atoms with E-state index in [1.165, 1.54) is 12.1 Å². The van der Waals surface area contributed by atoms with Gasteiger partial charge >= 0.3 is 0 Å². The van der Waals surface area contributed by atoms with Crippen LogP contribution in [0.4, 0.5) is 5.69 Å². The van der Waals surface area contributed by atoms with Crippen molar-refractivity contribution in [3.05, 3.63) is 95.0 Å². The summed E-state index contributed by atoms with van der Waals surface area (Å²) in [5, 5.41) is 3.38. The first-order chi connectivity index (χ1) is 13.9. The number of nitrogens with one attached hydrogen (secondary N) is 1. The maximum atomic E-state index is 13.3. The Morgan fingerprint density at radius 3 is 2.21 bits per heavy atom. The third kappa shape index (κ3) is 5.16. The van der Waals surface area contributed by atoms with Crippen LogP contribution in [0.25, 0.3) is 0 Å². The fraction of sp³-hybridized carbons (Fsp3) is 0.136. The van der Waals surface area contributed by atoms with Gasteiger partial charge in [-0.2, -0.15) is 0 Å². The molecule has 29 heavy (non-hydrogen) atoms. The van der Waals surface area contributed by atoms with Gasteiger partial charge in [-0.1, -0.05) is 60.1 Å². The zero-order chi connectivity index (χ0) is 20.9. The van der Waals surface area contributed by atoms with Gasteiger partial charge in [0.15, 0.2) is 0 Å². The van der Waals surface area contributed by atoms with Crippen LogP contribution in [0.1, 0.15) is 11.1 Å². The zero-order valence-corrected chi connectivity index (χ0v) is 17.5. The molecule has 7 heteroatoms. The smallest absolute Gasteiger partial charge is 0.264 e. The SMILES string of the molecule is Cc1ccccc1N(CC(=O)NCc1ccc(Cl)cc1)S(=O)(=O)c1ccccc1. The zero-order valence-electron chi connectivity index (χ0n) is 15.9. The molecule has 0 fully saturated rings. The van der Waals surface area contributed by atoms with Crippen LogP contribution in [0.15, 0.2) is 83.8 Å². The molecule has 3 aromatic carbocycles. The molecule has 150 valence electrons.